The van der Waals surface area contributed by atoms with E-state index in [1.54, 1.807) is 0 Å². The third kappa shape index (κ3) is 4.66. The number of hydrogen-bond acceptors (Lipinski definition) is 5. The van der Waals surface area contributed by atoms with Gasteiger partial charge in [0.15, 0.2) is 5.69 Å². The van der Waals surface area contributed by atoms with Gasteiger partial charge in [0.05, 0.1) is 12.4 Å². The van der Waals surface area contributed by atoms with Gasteiger partial charge in [-0.2, -0.15) is 24.9 Å². The van der Waals surface area contributed by atoms with Crippen molar-refractivity contribution in [1.29, 1.82) is 0 Å². The summed E-state index contributed by atoms with van der Waals surface area (Å²) in [6.45, 7) is 5.34. The molecule has 0 atom stereocenters. The van der Waals surface area contributed by atoms with Crippen LogP contribution in [0.2, 0.25) is 0 Å². The SMILES string of the molecule is CCOC(=O)c1cnc(CSC(C)C)nc1C(F)(F)F. The molecule has 20 heavy (non-hydrogen) atoms. The Morgan fingerprint density at radius 3 is 2.60 bits per heavy atom. The van der Waals surface area contributed by atoms with E-state index in [9.17, 15) is 18.0 Å². The zero-order chi connectivity index (χ0) is 15.3. The Balaban J connectivity index is 3.10. The number of hydrogen-bond donors (Lipinski definition) is 0. The molecule has 112 valence electrons. The molecule has 0 aliphatic rings. The van der Waals surface area contributed by atoms with E-state index in [-0.39, 0.29) is 23.4 Å². The number of thioether (sulfide) groups is 1. The maximum absolute atomic E-state index is 12.9. The van der Waals surface area contributed by atoms with Crippen molar-refractivity contribution in [2.24, 2.45) is 0 Å². The lowest BCUT2D eigenvalue weighted by atomic mass is 10.2. The predicted octanol–water partition coefficient (Wildman–Crippen LogP) is 3.31. The number of carbonyl (C=O) groups is 1. The van der Waals surface area contributed by atoms with Crippen LogP contribution in [-0.2, 0) is 16.7 Å². The van der Waals surface area contributed by atoms with Crippen LogP contribution in [0.25, 0.3) is 0 Å². The van der Waals surface area contributed by atoms with Crippen molar-refractivity contribution in [2.75, 3.05) is 6.61 Å². The van der Waals surface area contributed by atoms with Crippen LogP contribution in [0.3, 0.4) is 0 Å². The lowest BCUT2D eigenvalue weighted by Crippen LogP contribution is -2.19. The Labute approximate surface area is 119 Å². The van der Waals surface area contributed by atoms with E-state index in [4.69, 9.17) is 0 Å². The molecule has 0 N–H and O–H groups in total. The summed E-state index contributed by atoms with van der Waals surface area (Å²) in [6.07, 6.45) is -3.84. The van der Waals surface area contributed by atoms with Gasteiger partial charge < -0.3 is 4.74 Å². The second-order valence-electron chi connectivity index (χ2n) is 4.13. The standard InChI is InChI=1S/C12H15F3N2O2S/c1-4-19-11(18)8-5-16-9(6-20-7(2)3)17-10(8)12(13,14)15/h5,7H,4,6H2,1-3H3. The molecule has 0 amide bonds. The fourth-order valence-electron chi connectivity index (χ4n) is 1.30. The fraction of sp³-hybridized carbons (Fsp3) is 0.583. The summed E-state index contributed by atoms with van der Waals surface area (Å²) in [5.41, 5.74) is -1.90. The van der Waals surface area contributed by atoms with Crippen LogP contribution in [0, 0.1) is 0 Å². The molecule has 0 aromatic carbocycles. The molecule has 0 aliphatic heterocycles. The van der Waals surface area contributed by atoms with E-state index in [1.807, 2.05) is 13.8 Å². The molecule has 1 aromatic rings. The Morgan fingerprint density at radius 1 is 1.45 bits per heavy atom. The molecule has 8 heteroatoms. The number of alkyl halides is 3. The summed E-state index contributed by atoms with van der Waals surface area (Å²) in [5.74, 6) is -0.768. The minimum absolute atomic E-state index is 0.0128. The summed E-state index contributed by atoms with van der Waals surface area (Å²) in [4.78, 5) is 18.7. The van der Waals surface area contributed by atoms with Crippen LogP contribution in [0.5, 0.6) is 0 Å². The third-order valence-electron chi connectivity index (χ3n) is 2.15. The average molecular weight is 308 g/mol. The van der Waals surface area contributed by atoms with E-state index < -0.39 is 23.4 Å². The number of esters is 1. The van der Waals surface area contributed by atoms with Crippen LogP contribution < -0.4 is 0 Å². The first-order chi connectivity index (χ1) is 9.25. The van der Waals surface area contributed by atoms with Gasteiger partial charge in [-0.25, -0.2) is 14.8 Å². The third-order valence-corrected chi connectivity index (χ3v) is 3.24. The number of rotatable bonds is 5. The van der Waals surface area contributed by atoms with Gasteiger partial charge in [0.1, 0.15) is 11.4 Å². The first-order valence-corrected chi connectivity index (χ1v) is 7.02. The normalized spacial score (nSPS) is 11.8. The topological polar surface area (TPSA) is 52.1 Å². The second-order valence-corrected chi connectivity index (χ2v) is 5.69. The highest BCUT2D eigenvalue weighted by atomic mass is 32.2. The number of carbonyl (C=O) groups excluding carboxylic acids is 1. The molecule has 1 rings (SSSR count). The minimum Gasteiger partial charge on any atom is -0.462 e. The first-order valence-electron chi connectivity index (χ1n) is 5.97. The number of ether oxygens (including phenoxy) is 1. The summed E-state index contributed by atoms with van der Waals surface area (Å²) in [7, 11) is 0. The highest BCUT2D eigenvalue weighted by molar-refractivity contribution is 7.99. The van der Waals surface area contributed by atoms with Crippen molar-refractivity contribution in [3.63, 3.8) is 0 Å². The van der Waals surface area contributed by atoms with Gasteiger partial charge in [0, 0.05) is 6.20 Å². The number of nitrogens with zero attached hydrogens (tertiary/aromatic N) is 2. The Kier molecular flexibility index (Phi) is 5.79. The van der Waals surface area contributed by atoms with Crippen LogP contribution in [0.15, 0.2) is 6.20 Å². The zero-order valence-electron chi connectivity index (χ0n) is 11.3. The summed E-state index contributed by atoms with van der Waals surface area (Å²) in [6, 6.07) is 0. The van der Waals surface area contributed by atoms with Crippen molar-refractivity contribution in [3.8, 4) is 0 Å². The van der Waals surface area contributed by atoms with Crippen LogP contribution >= 0.6 is 11.8 Å². The van der Waals surface area contributed by atoms with Crippen molar-refractivity contribution in [1.82, 2.24) is 9.97 Å². The molecule has 0 saturated carbocycles. The summed E-state index contributed by atoms with van der Waals surface area (Å²) >= 11 is 1.42. The molecule has 4 nitrogen and oxygen atoms in total. The number of halogens is 3. The fourth-order valence-corrected chi connectivity index (χ4v) is 1.92. The Bertz CT molecular complexity index is 478. The lowest BCUT2D eigenvalue weighted by molar-refractivity contribution is -0.142. The van der Waals surface area contributed by atoms with Crippen molar-refractivity contribution >= 4 is 17.7 Å². The van der Waals surface area contributed by atoms with Crippen LogP contribution in [-0.4, -0.2) is 27.8 Å². The summed E-state index contributed by atoms with van der Waals surface area (Å²) < 4.78 is 43.3. The molecule has 0 bridgehead atoms. The van der Waals surface area contributed by atoms with Gasteiger partial charge in [-0.05, 0) is 12.2 Å². The molecule has 0 aliphatic carbocycles. The average Bonchev–Trinajstić information content (AvgIpc) is 2.35. The van der Waals surface area contributed by atoms with E-state index in [1.165, 1.54) is 18.7 Å². The molecule has 0 fully saturated rings. The molecular formula is C12H15F3N2O2S. The quantitative estimate of drug-likeness (QED) is 0.781. The predicted molar refractivity (Wildman–Crippen MR) is 69.4 cm³/mol. The molecule has 0 radical (unpaired) electrons. The van der Waals surface area contributed by atoms with Crippen molar-refractivity contribution < 1.29 is 22.7 Å². The Hall–Kier alpha value is -1.31. The summed E-state index contributed by atoms with van der Waals surface area (Å²) in [5, 5.41) is 0.248. The molecule has 0 saturated heterocycles. The van der Waals surface area contributed by atoms with Gasteiger partial charge in [-0.15, -0.1) is 0 Å². The van der Waals surface area contributed by atoms with E-state index in [0.29, 0.717) is 0 Å². The van der Waals surface area contributed by atoms with Crippen molar-refractivity contribution in [2.45, 2.75) is 38.0 Å². The van der Waals surface area contributed by atoms with Crippen LogP contribution in [0.4, 0.5) is 13.2 Å². The molecule has 1 heterocycles. The zero-order valence-corrected chi connectivity index (χ0v) is 12.1. The Morgan fingerprint density at radius 2 is 2.10 bits per heavy atom. The van der Waals surface area contributed by atoms with Gasteiger partial charge >= 0.3 is 12.1 Å². The number of aromatic nitrogens is 2. The van der Waals surface area contributed by atoms with E-state index in [0.717, 1.165) is 6.20 Å². The molecule has 1 aromatic heterocycles. The smallest absolute Gasteiger partial charge is 0.434 e. The highest BCUT2D eigenvalue weighted by Gasteiger charge is 2.38. The minimum atomic E-state index is -4.72. The maximum Gasteiger partial charge on any atom is 0.434 e. The monoisotopic (exact) mass is 308 g/mol. The first kappa shape index (κ1) is 16.7. The van der Waals surface area contributed by atoms with E-state index in [2.05, 4.69) is 14.7 Å². The molecular weight excluding hydrogens is 293 g/mol. The van der Waals surface area contributed by atoms with E-state index >= 15 is 0 Å². The van der Waals surface area contributed by atoms with Gasteiger partial charge in [-0.1, -0.05) is 13.8 Å². The van der Waals surface area contributed by atoms with Crippen LogP contribution in [0.1, 0.15) is 42.6 Å². The van der Waals surface area contributed by atoms with Gasteiger partial charge in [0.2, 0.25) is 0 Å². The second kappa shape index (κ2) is 6.92. The molecule has 0 unspecified atom stereocenters. The lowest BCUT2D eigenvalue weighted by Gasteiger charge is -2.12. The van der Waals surface area contributed by atoms with Crippen molar-refractivity contribution in [3.05, 3.63) is 23.3 Å². The maximum atomic E-state index is 12.9. The van der Waals surface area contributed by atoms with Gasteiger partial charge in [-0.3, -0.25) is 0 Å². The molecule has 0 spiro atoms. The highest BCUT2D eigenvalue weighted by Crippen LogP contribution is 2.31. The van der Waals surface area contributed by atoms with Gasteiger partial charge in [0.25, 0.3) is 0 Å². The largest absolute Gasteiger partial charge is 0.462 e.